The quantitative estimate of drug-likeness (QED) is 0.801. The maximum absolute atomic E-state index is 12.4. The van der Waals surface area contributed by atoms with Gasteiger partial charge in [0.1, 0.15) is 6.04 Å². The summed E-state index contributed by atoms with van der Waals surface area (Å²) in [5, 5.41) is 5.15. The lowest BCUT2D eigenvalue weighted by molar-refractivity contribution is -0.148. The molecule has 0 bridgehead atoms. The highest BCUT2D eigenvalue weighted by Gasteiger charge is 2.35. The molecule has 1 aliphatic carbocycles. The number of amides is 2. The molecule has 2 amide bonds. The van der Waals surface area contributed by atoms with Crippen molar-refractivity contribution in [3.05, 3.63) is 11.1 Å². The lowest BCUT2D eigenvalue weighted by Crippen LogP contribution is -2.56. The second-order valence-corrected chi connectivity index (χ2v) is 6.20. The minimum Gasteiger partial charge on any atom is -0.377 e. The summed E-state index contributed by atoms with van der Waals surface area (Å²) in [5.74, 6) is -0.233. The molecule has 1 aromatic heterocycles. The topological polar surface area (TPSA) is 97.6 Å². The van der Waals surface area contributed by atoms with Crippen LogP contribution < -0.4 is 11.1 Å². The Kier molecular flexibility index (Phi) is 4.07. The number of hydrogen-bond acceptors (Lipinski definition) is 6. The molecule has 0 radical (unpaired) electrons. The Morgan fingerprint density at radius 1 is 1.52 bits per heavy atom. The van der Waals surface area contributed by atoms with Gasteiger partial charge in [0.25, 0.3) is 0 Å². The molecule has 1 aliphatic heterocycles. The third-order valence-electron chi connectivity index (χ3n) is 3.58. The van der Waals surface area contributed by atoms with Crippen molar-refractivity contribution < 1.29 is 14.3 Å². The van der Waals surface area contributed by atoms with E-state index in [1.807, 2.05) is 0 Å². The smallest absolute Gasteiger partial charge is 0.245 e. The van der Waals surface area contributed by atoms with Crippen LogP contribution in [0.1, 0.15) is 18.5 Å². The van der Waals surface area contributed by atoms with Gasteiger partial charge in [-0.15, -0.1) is 11.3 Å². The molecule has 1 saturated carbocycles. The average Bonchev–Trinajstić information content (AvgIpc) is 3.20. The minimum atomic E-state index is -0.539. The summed E-state index contributed by atoms with van der Waals surface area (Å²) in [6.45, 7) is 1.14. The van der Waals surface area contributed by atoms with E-state index in [4.69, 9.17) is 10.5 Å². The van der Waals surface area contributed by atoms with Crippen LogP contribution in [0.4, 0.5) is 5.13 Å². The fraction of sp³-hybridized carbons (Fsp3) is 0.615. The van der Waals surface area contributed by atoms with Gasteiger partial charge in [-0.1, -0.05) is 0 Å². The Balaban J connectivity index is 1.64. The molecule has 114 valence electrons. The van der Waals surface area contributed by atoms with Gasteiger partial charge in [0.05, 0.1) is 25.3 Å². The lowest BCUT2D eigenvalue weighted by atomic mass is 10.1. The molecule has 21 heavy (non-hydrogen) atoms. The molecule has 3 rings (SSSR count). The van der Waals surface area contributed by atoms with Crippen LogP contribution in [-0.4, -0.2) is 53.5 Å². The van der Waals surface area contributed by atoms with E-state index in [1.165, 1.54) is 11.3 Å². The summed E-state index contributed by atoms with van der Waals surface area (Å²) in [7, 11) is 0. The number of hydrogen-bond donors (Lipinski definition) is 2. The van der Waals surface area contributed by atoms with E-state index in [1.54, 1.807) is 10.3 Å². The fourth-order valence-electron chi connectivity index (χ4n) is 2.30. The van der Waals surface area contributed by atoms with E-state index in [0.717, 1.165) is 12.8 Å². The SMILES string of the molecule is Nc1nc(CC(=O)N2CCOCC2C(=O)NC2CC2)cs1. The molecular weight excluding hydrogens is 292 g/mol. The van der Waals surface area contributed by atoms with Gasteiger partial charge in [-0.25, -0.2) is 4.98 Å². The molecule has 3 N–H and O–H groups in total. The number of nitrogen functional groups attached to an aromatic ring is 1. The third-order valence-corrected chi connectivity index (χ3v) is 4.30. The van der Waals surface area contributed by atoms with Crippen molar-refractivity contribution >= 4 is 28.3 Å². The summed E-state index contributed by atoms with van der Waals surface area (Å²) in [5.41, 5.74) is 6.22. The molecule has 1 atom stereocenters. The monoisotopic (exact) mass is 310 g/mol. The summed E-state index contributed by atoms with van der Waals surface area (Å²) in [6.07, 6.45) is 2.21. The normalized spacial score (nSPS) is 22.1. The zero-order chi connectivity index (χ0) is 14.8. The number of carbonyl (C=O) groups excluding carboxylic acids is 2. The highest BCUT2D eigenvalue weighted by molar-refractivity contribution is 7.13. The van der Waals surface area contributed by atoms with E-state index >= 15 is 0 Å². The standard InChI is InChI=1S/C13H18N4O3S/c14-13-16-9(7-21-13)5-11(18)17-3-4-20-6-10(17)12(19)15-8-1-2-8/h7-8,10H,1-6H2,(H2,14,16)(H,15,19). The number of morpholine rings is 1. The summed E-state index contributed by atoms with van der Waals surface area (Å²) >= 11 is 1.31. The maximum Gasteiger partial charge on any atom is 0.245 e. The Hall–Kier alpha value is -1.67. The van der Waals surface area contributed by atoms with Gasteiger partial charge in [0, 0.05) is 18.0 Å². The summed E-state index contributed by atoms with van der Waals surface area (Å²) < 4.78 is 5.35. The first-order valence-electron chi connectivity index (χ1n) is 7.01. The van der Waals surface area contributed by atoms with E-state index in [2.05, 4.69) is 10.3 Å². The maximum atomic E-state index is 12.4. The molecule has 7 nitrogen and oxygen atoms in total. The van der Waals surface area contributed by atoms with E-state index in [9.17, 15) is 9.59 Å². The number of thiazole rings is 1. The number of rotatable bonds is 4. The number of nitrogens with one attached hydrogen (secondary N) is 1. The van der Waals surface area contributed by atoms with Gasteiger partial charge in [-0.2, -0.15) is 0 Å². The van der Waals surface area contributed by atoms with Crippen molar-refractivity contribution in [2.24, 2.45) is 0 Å². The lowest BCUT2D eigenvalue weighted by Gasteiger charge is -2.34. The molecular formula is C13H18N4O3S. The molecule has 1 saturated heterocycles. The summed E-state index contributed by atoms with van der Waals surface area (Å²) in [6, 6.07) is -0.266. The van der Waals surface area contributed by atoms with E-state index in [0.29, 0.717) is 24.0 Å². The van der Waals surface area contributed by atoms with Gasteiger partial charge in [-0.05, 0) is 12.8 Å². The van der Waals surface area contributed by atoms with Gasteiger partial charge in [0.2, 0.25) is 11.8 Å². The first kappa shape index (κ1) is 14.3. The zero-order valence-electron chi connectivity index (χ0n) is 11.6. The van der Waals surface area contributed by atoms with E-state index in [-0.39, 0.29) is 30.9 Å². The van der Waals surface area contributed by atoms with Crippen molar-refractivity contribution in [2.75, 3.05) is 25.5 Å². The Morgan fingerprint density at radius 2 is 2.33 bits per heavy atom. The van der Waals surface area contributed by atoms with Crippen molar-refractivity contribution in [3.8, 4) is 0 Å². The van der Waals surface area contributed by atoms with Crippen LogP contribution in [0.5, 0.6) is 0 Å². The first-order valence-corrected chi connectivity index (χ1v) is 7.89. The second kappa shape index (κ2) is 5.98. The van der Waals surface area contributed by atoms with Gasteiger partial charge >= 0.3 is 0 Å². The van der Waals surface area contributed by atoms with Crippen molar-refractivity contribution in [2.45, 2.75) is 31.3 Å². The molecule has 0 spiro atoms. The Labute approximate surface area is 126 Å². The minimum absolute atomic E-state index is 0.112. The van der Waals surface area contributed by atoms with E-state index < -0.39 is 6.04 Å². The number of aromatic nitrogens is 1. The highest BCUT2D eigenvalue weighted by Crippen LogP contribution is 2.20. The van der Waals surface area contributed by atoms with Crippen LogP contribution in [0.15, 0.2) is 5.38 Å². The molecule has 1 aromatic rings. The Bertz CT molecular complexity index is 543. The van der Waals surface area contributed by atoms with Gasteiger partial charge in [-0.3, -0.25) is 9.59 Å². The number of nitrogens with zero attached hydrogens (tertiary/aromatic N) is 2. The molecule has 2 heterocycles. The fourth-order valence-corrected chi connectivity index (χ4v) is 2.87. The Morgan fingerprint density at radius 3 is 3.00 bits per heavy atom. The van der Waals surface area contributed by atoms with Crippen molar-refractivity contribution in [1.29, 1.82) is 0 Å². The van der Waals surface area contributed by atoms with Crippen LogP contribution >= 0.6 is 11.3 Å². The van der Waals surface area contributed by atoms with Crippen LogP contribution in [0.2, 0.25) is 0 Å². The molecule has 2 fully saturated rings. The van der Waals surface area contributed by atoms with Crippen LogP contribution in [0, 0.1) is 0 Å². The molecule has 0 aromatic carbocycles. The zero-order valence-corrected chi connectivity index (χ0v) is 12.4. The van der Waals surface area contributed by atoms with Crippen LogP contribution in [0.25, 0.3) is 0 Å². The van der Waals surface area contributed by atoms with Crippen molar-refractivity contribution in [1.82, 2.24) is 15.2 Å². The number of carbonyl (C=O) groups is 2. The first-order chi connectivity index (χ1) is 10.1. The summed E-state index contributed by atoms with van der Waals surface area (Å²) in [4.78, 5) is 30.3. The number of nitrogens with two attached hydrogens (primary N) is 1. The van der Waals surface area contributed by atoms with Gasteiger partial charge < -0.3 is 20.7 Å². The van der Waals surface area contributed by atoms with Crippen molar-refractivity contribution in [3.63, 3.8) is 0 Å². The van der Waals surface area contributed by atoms with Gasteiger partial charge in [0.15, 0.2) is 5.13 Å². The predicted molar refractivity (Wildman–Crippen MR) is 77.7 cm³/mol. The molecule has 1 unspecified atom stereocenters. The van der Waals surface area contributed by atoms with Crippen LogP contribution in [-0.2, 0) is 20.7 Å². The van der Waals surface area contributed by atoms with Crippen LogP contribution in [0.3, 0.4) is 0 Å². The third kappa shape index (κ3) is 3.51. The number of ether oxygens (including phenoxy) is 1. The second-order valence-electron chi connectivity index (χ2n) is 5.31. The predicted octanol–water partition coefficient (Wildman–Crippen LogP) is -0.226. The average molecular weight is 310 g/mol. The molecule has 8 heteroatoms. The molecule has 2 aliphatic rings. The largest absolute Gasteiger partial charge is 0.377 e. The highest BCUT2D eigenvalue weighted by atomic mass is 32.1. The number of anilines is 1.